The van der Waals surface area contributed by atoms with Crippen LogP contribution in [0.2, 0.25) is 0 Å². The molecule has 0 aliphatic carbocycles. The Bertz CT molecular complexity index is 308. The average molecular weight is 164 g/mol. The van der Waals surface area contributed by atoms with Crippen LogP contribution in [-0.4, -0.2) is 0 Å². The number of hydrogen-bond donors (Lipinski definition) is 1. The van der Waals surface area contributed by atoms with Crippen LogP contribution < -0.4 is 5.73 Å². The number of nitriles is 1. The van der Waals surface area contributed by atoms with Crippen LogP contribution in [0.25, 0.3) is 0 Å². The molecule has 0 saturated carbocycles. The maximum absolute atomic E-state index is 12.5. The first-order valence-corrected chi connectivity index (χ1v) is 3.52. The molecule has 0 radical (unpaired) electrons. The molecule has 0 aromatic heterocycles. The molecular formula is C9H9FN2. The topological polar surface area (TPSA) is 49.8 Å². The van der Waals surface area contributed by atoms with E-state index in [9.17, 15) is 4.39 Å². The largest absolute Gasteiger partial charge is 0.310 e. The van der Waals surface area contributed by atoms with E-state index in [1.54, 1.807) is 6.92 Å². The first kappa shape index (κ1) is 8.69. The van der Waals surface area contributed by atoms with Crippen LogP contribution in [0.5, 0.6) is 0 Å². The fraction of sp³-hybridized carbons (Fsp3) is 0.222. The highest BCUT2D eigenvalue weighted by atomic mass is 19.1. The Balaban J connectivity index is 3.07. The molecule has 1 rings (SSSR count). The molecule has 0 heterocycles. The standard InChI is InChI=1S/C9H9FN2/c1-9(12,6-11)7-2-4-8(10)5-3-7/h2-5H,12H2,1H3. The summed E-state index contributed by atoms with van der Waals surface area (Å²) in [6.07, 6.45) is 0. The highest BCUT2D eigenvalue weighted by Gasteiger charge is 2.19. The number of benzene rings is 1. The monoisotopic (exact) mass is 164 g/mol. The zero-order chi connectivity index (χ0) is 9.19. The summed E-state index contributed by atoms with van der Waals surface area (Å²) in [7, 11) is 0. The van der Waals surface area contributed by atoms with Crippen LogP contribution in [0.3, 0.4) is 0 Å². The first-order valence-electron chi connectivity index (χ1n) is 3.52. The summed E-state index contributed by atoms with van der Waals surface area (Å²) in [6, 6.07) is 7.54. The van der Waals surface area contributed by atoms with Gasteiger partial charge in [-0.3, -0.25) is 0 Å². The van der Waals surface area contributed by atoms with Gasteiger partial charge in [-0.1, -0.05) is 12.1 Å². The van der Waals surface area contributed by atoms with E-state index in [0.29, 0.717) is 5.56 Å². The molecule has 12 heavy (non-hydrogen) atoms. The van der Waals surface area contributed by atoms with E-state index < -0.39 is 5.54 Å². The Labute approximate surface area is 70.4 Å². The van der Waals surface area contributed by atoms with Crippen LogP contribution >= 0.6 is 0 Å². The van der Waals surface area contributed by atoms with Gasteiger partial charge in [0.05, 0.1) is 6.07 Å². The van der Waals surface area contributed by atoms with E-state index in [1.807, 2.05) is 6.07 Å². The Hall–Kier alpha value is -1.40. The highest BCUT2D eigenvalue weighted by Crippen LogP contribution is 2.16. The summed E-state index contributed by atoms with van der Waals surface area (Å²) >= 11 is 0. The van der Waals surface area contributed by atoms with Crippen molar-refractivity contribution in [2.24, 2.45) is 5.73 Å². The molecule has 0 bridgehead atoms. The van der Waals surface area contributed by atoms with Gasteiger partial charge in [0.25, 0.3) is 0 Å². The number of hydrogen-bond acceptors (Lipinski definition) is 2. The molecule has 2 N–H and O–H groups in total. The van der Waals surface area contributed by atoms with Gasteiger partial charge in [-0.15, -0.1) is 0 Å². The van der Waals surface area contributed by atoms with Crippen LogP contribution in [0.15, 0.2) is 24.3 Å². The third-order valence-corrected chi connectivity index (χ3v) is 1.68. The van der Waals surface area contributed by atoms with Crippen molar-refractivity contribution in [2.45, 2.75) is 12.5 Å². The van der Waals surface area contributed by atoms with Crippen molar-refractivity contribution < 1.29 is 4.39 Å². The summed E-state index contributed by atoms with van der Waals surface area (Å²) in [5.41, 5.74) is 5.19. The van der Waals surface area contributed by atoms with Gasteiger partial charge in [0, 0.05) is 0 Å². The second kappa shape index (κ2) is 2.92. The molecule has 0 spiro atoms. The van der Waals surface area contributed by atoms with Crippen LogP contribution in [0.1, 0.15) is 12.5 Å². The van der Waals surface area contributed by atoms with Crippen molar-refractivity contribution in [3.63, 3.8) is 0 Å². The molecule has 1 aromatic carbocycles. The fourth-order valence-electron chi connectivity index (χ4n) is 0.861. The lowest BCUT2D eigenvalue weighted by molar-refractivity contribution is 0.615. The van der Waals surface area contributed by atoms with Crippen molar-refractivity contribution >= 4 is 0 Å². The summed E-state index contributed by atoms with van der Waals surface area (Å²) in [5.74, 6) is -0.326. The van der Waals surface area contributed by atoms with Crippen LogP contribution in [0, 0.1) is 17.1 Å². The van der Waals surface area contributed by atoms with E-state index >= 15 is 0 Å². The smallest absolute Gasteiger partial charge is 0.126 e. The maximum Gasteiger partial charge on any atom is 0.126 e. The predicted octanol–water partition coefficient (Wildman–Crippen LogP) is 1.52. The van der Waals surface area contributed by atoms with E-state index in [1.165, 1.54) is 24.3 Å². The minimum Gasteiger partial charge on any atom is -0.310 e. The Morgan fingerprint density at radius 1 is 1.42 bits per heavy atom. The average Bonchev–Trinajstić information content (AvgIpc) is 2.05. The van der Waals surface area contributed by atoms with Crippen LogP contribution in [-0.2, 0) is 5.54 Å². The molecule has 0 fully saturated rings. The van der Waals surface area contributed by atoms with E-state index in [0.717, 1.165) is 0 Å². The van der Waals surface area contributed by atoms with Crippen molar-refractivity contribution in [2.75, 3.05) is 0 Å². The van der Waals surface area contributed by atoms with Gasteiger partial charge in [-0.25, -0.2) is 4.39 Å². The van der Waals surface area contributed by atoms with Gasteiger partial charge in [0.2, 0.25) is 0 Å². The number of halogens is 1. The Morgan fingerprint density at radius 3 is 2.33 bits per heavy atom. The summed E-state index contributed by atoms with van der Waals surface area (Å²) < 4.78 is 12.5. The lowest BCUT2D eigenvalue weighted by Crippen LogP contribution is -2.30. The summed E-state index contributed by atoms with van der Waals surface area (Å²) in [5, 5.41) is 8.65. The van der Waals surface area contributed by atoms with Gasteiger partial charge in [0.15, 0.2) is 0 Å². The minimum atomic E-state index is -1.03. The van der Waals surface area contributed by atoms with Gasteiger partial charge in [0.1, 0.15) is 11.4 Å². The minimum absolute atomic E-state index is 0.326. The van der Waals surface area contributed by atoms with Crippen molar-refractivity contribution in [3.8, 4) is 6.07 Å². The van der Waals surface area contributed by atoms with Crippen LogP contribution in [0.4, 0.5) is 4.39 Å². The molecule has 1 aromatic rings. The van der Waals surface area contributed by atoms with E-state index in [4.69, 9.17) is 11.0 Å². The third kappa shape index (κ3) is 1.60. The number of rotatable bonds is 1. The van der Waals surface area contributed by atoms with E-state index in [-0.39, 0.29) is 5.82 Å². The first-order chi connectivity index (χ1) is 5.56. The molecule has 0 aliphatic rings. The maximum atomic E-state index is 12.5. The zero-order valence-corrected chi connectivity index (χ0v) is 6.71. The molecule has 0 aliphatic heterocycles. The second-order valence-corrected chi connectivity index (χ2v) is 2.82. The zero-order valence-electron chi connectivity index (χ0n) is 6.71. The molecule has 1 unspecified atom stereocenters. The quantitative estimate of drug-likeness (QED) is 0.684. The van der Waals surface area contributed by atoms with Crippen molar-refractivity contribution in [1.82, 2.24) is 0 Å². The lowest BCUT2D eigenvalue weighted by atomic mass is 9.95. The van der Waals surface area contributed by atoms with Crippen molar-refractivity contribution in [3.05, 3.63) is 35.6 Å². The fourth-order valence-corrected chi connectivity index (χ4v) is 0.861. The number of nitrogens with two attached hydrogens (primary N) is 1. The normalized spacial score (nSPS) is 14.8. The third-order valence-electron chi connectivity index (χ3n) is 1.68. The molecular weight excluding hydrogens is 155 g/mol. The molecule has 1 atom stereocenters. The summed E-state index contributed by atoms with van der Waals surface area (Å²) in [6.45, 7) is 1.58. The van der Waals surface area contributed by atoms with E-state index in [2.05, 4.69) is 0 Å². The highest BCUT2D eigenvalue weighted by molar-refractivity contribution is 5.29. The lowest BCUT2D eigenvalue weighted by Gasteiger charge is -2.14. The number of nitrogens with zero attached hydrogens (tertiary/aromatic N) is 1. The van der Waals surface area contributed by atoms with Gasteiger partial charge < -0.3 is 5.73 Å². The second-order valence-electron chi connectivity index (χ2n) is 2.82. The van der Waals surface area contributed by atoms with Gasteiger partial charge in [-0.05, 0) is 24.6 Å². The molecule has 0 saturated heterocycles. The van der Waals surface area contributed by atoms with Crippen molar-refractivity contribution in [1.29, 1.82) is 5.26 Å². The van der Waals surface area contributed by atoms with Gasteiger partial charge >= 0.3 is 0 Å². The SMILES string of the molecule is CC(N)(C#N)c1ccc(F)cc1. The predicted molar refractivity (Wildman–Crippen MR) is 43.6 cm³/mol. The summed E-state index contributed by atoms with van der Waals surface area (Å²) in [4.78, 5) is 0. The molecule has 0 amide bonds. The molecule has 3 heteroatoms. The Kier molecular flexibility index (Phi) is 2.11. The molecule has 2 nitrogen and oxygen atoms in total. The molecule has 62 valence electrons. The van der Waals surface area contributed by atoms with Gasteiger partial charge in [-0.2, -0.15) is 5.26 Å². The Morgan fingerprint density at radius 2 is 1.92 bits per heavy atom.